The van der Waals surface area contributed by atoms with Gasteiger partial charge in [-0.15, -0.1) is 22.7 Å². The predicted molar refractivity (Wildman–Crippen MR) is 87.1 cm³/mol. The lowest BCUT2D eigenvalue weighted by Crippen LogP contribution is -3.00. The summed E-state index contributed by atoms with van der Waals surface area (Å²) in [4.78, 5) is 17.0. The Hall–Kier alpha value is -1.20. The number of carbonyl (C=O) groups excluding carboxylic acids is 1. The van der Waals surface area contributed by atoms with Crippen molar-refractivity contribution in [3.05, 3.63) is 55.9 Å². The third kappa shape index (κ3) is 3.92. The Bertz CT molecular complexity index is 600. The summed E-state index contributed by atoms with van der Waals surface area (Å²) >= 11 is 3.32. The van der Waals surface area contributed by atoms with Gasteiger partial charge in [0.05, 0.1) is 0 Å². The highest BCUT2D eigenvalue weighted by Gasteiger charge is 2.23. The number of carbonyl (C=O) groups is 1. The van der Waals surface area contributed by atoms with Crippen LogP contribution in [0.5, 0.6) is 0 Å². The van der Waals surface area contributed by atoms with Crippen molar-refractivity contribution in [1.82, 2.24) is 4.90 Å². The van der Waals surface area contributed by atoms with E-state index in [-0.39, 0.29) is 18.2 Å². The van der Waals surface area contributed by atoms with E-state index in [1.807, 2.05) is 47.2 Å². The number of hydrogen-bond donors (Lipinski definition) is 0. The summed E-state index contributed by atoms with van der Waals surface area (Å²) in [6, 6.07) is 8.11. The Balaban J connectivity index is 0.00000161. The van der Waals surface area contributed by atoms with Crippen molar-refractivity contribution in [2.24, 2.45) is 0 Å². The molecule has 0 N–H and O–H groups in total. The van der Waals surface area contributed by atoms with Crippen molar-refractivity contribution in [1.29, 1.82) is 0 Å². The van der Waals surface area contributed by atoms with Crippen LogP contribution in [0.4, 0.5) is 0 Å². The molecule has 2 aromatic heterocycles. The van der Waals surface area contributed by atoms with Crippen LogP contribution in [0.1, 0.15) is 9.75 Å². The molecular formula is C16H15ClNOS2-. The Morgan fingerprint density at radius 3 is 1.86 bits per heavy atom. The molecule has 0 radical (unpaired) electrons. The third-order valence-electron chi connectivity index (χ3n) is 3.18. The molecule has 0 spiro atoms. The minimum absolute atomic E-state index is 0. The second-order valence-electron chi connectivity index (χ2n) is 4.87. The lowest BCUT2D eigenvalue weighted by molar-refractivity contribution is -0.113. The SMILES string of the molecule is CN1C/C(=C\c2cccs2)C(=O)/C(=C/c2cccs2)C1.[Cl-]. The highest BCUT2D eigenvalue weighted by atomic mass is 35.5. The topological polar surface area (TPSA) is 20.3 Å². The third-order valence-corrected chi connectivity index (χ3v) is 4.82. The van der Waals surface area contributed by atoms with Gasteiger partial charge in [0.1, 0.15) is 0 Å². The largest absolute Gasteiger partial charge is 1.00 e. The number of nitrogens with zero attached hydrogens (tertiary/aromatic N) is 1. The van der Waals surface area contributed by atoms with Crippen LogP contribution in [0.25, 0.3) is 12.2 Å². The number of piperidine rings is 1. The molecule has 0 bridgehead atoms. The van der Waals surface area contributed by atoms with Crippen molar-refractivity contribution in [3.8, 4) is 0 Å². The van der Waals surface area contributed by atoms with E-state index in [9.17, 15) is 4.79 Å². The van der Waals surface area contributed by atoms with Crippen LogP contribution >= 0.6 is 22.7 Å². The van der Waals surface area contributed by atoms with Crippen LogP contribution in [-0.4, -0.2) is 30.8 Å². The van der Waals surface area contributed by atoms with Crippen LogP contribution in [0.2, 0.25) is 0 Å². The van der Waals surface area contributed by atoms with Crippen molar-refractivity contribution in [3.63, 3.8) is 0 Å². The summed E-state index contributed by atoms with van der Waals surface area (Å²) in [7, 11) is 2.05. The molecule has 1 aliphatic heterocycles. The number of likely N-dealkylation sites (N-methyl/N-ethyl adjacent to an activating group) is 1. The van der Waals surface area contributed by atoms with Gasteiger partial charge in [-0.3, -0.25) is 9.69 Å². The average molecular weight is 337 g/mol. The summed E-state index contributed by atoms with van der Waals surface area (Å²) in [6.45, 7) is 1.44. The van der Waals surface area contributed by atoms with E-state index >= 15 is 0 Å². The molecule has 0 aliphatic carbocycles. The van der Waals surface area contributed by atoms with E-state index in [1.54, 1.807) is 22.7 Å². The number of halogens is 1. The minimum atomic E-state index is 0. The fraction of sp³-hybridized carbons (Fsp3) is 0.188. The quantitative estimate of drug-likeness (QED) is 0.756. The first-order valence-corrected chi connectivity index (χ1v) is 8.20. The maximum Gasteiger partial charge on any atom is 0.187 e. The normalized spacial score (nSPS) is 20.0. The first-order valence-electron chi connectivity index (χ1n) is 6.44. The van der Waals surface area contributed by atoms with E-state index in [0.717, 1.165) is 34.0 Å². The molecule has 3 rings (SSSR count). The number of thiophene rings is 2. The van der Waals surface area contributed by atoms with Gasteiger partial charge in [0, 0.05) is 34.0 Å². The Morgan fingerprint density at radius 2 is 1.48 bits per heavy atom. The van der Waals surface area contributed by atoms with Gasteiger partial charge >= 0.3 is 0 Å². The minimum Gasteiger partial charge on any atom is -1.00 e. The molecule has 1 saturated heterocycles. The van der Waals surface area contributed by atoms with Gasteiger partial charge in [-0.1, -0.05) is 12.1 Å². The molecule has 2 nitrogen and oxygen atoms in total. The molecule has 110 valence electrons. The monoisotopic (exact) mass is 336 g/mol. The first kappa shape index (κ1) is 16.2. The molecule has 0 atom stereocenters. The zero-order chi connectivity index (χ0) is 13.9. The molecule has 21 heavy (non-hydrogen) atoms. The van der Waals surface area contributed by atoms with Crippen LogP contribution < -0.4 is 12.4 Å². The van der Waals surface area contributed by atoms with E-state index in [1.165, 1.54) is 0 Å². The van der Waals surface area contributed by atoms with Crippen molar-refractivity contribution < 1.29 is 17.2 Å². The zero-order valence-electron chi connectivity index (χ0n) is 11.6. The van der Waals surface area contributed by atoms with Crippen molar-refractivity contribution >= 4 is 40.6 Å². The van der Waals surface area contributed by atoms with Gasteiger partial charge in [0.25, 0.3) is 0 Å². The maximum atomic E-state index is 12.6. The number of ketones is 1. The summed E-state index contributed by atoms with van der Waals surface area (Å²) in [5.41, 5.74) is 1.76. The lowest BCUT2D eigenvalue weighted by atomic mass is 9.97. The van der Waals surface area contributed by atoms with Crippen molar-refractivity contribution in [2.75, 3.05) is 20.1 Å². The lowest BCUT2D eigenvalue weighted by Gasteiger charge is -2.25. The molecule has 1 aliphatic rings. The maximum absolute atomic E-state index is 12.6. The Morgan fingerprint density at radius 1 is 1.00 bits per heavy atom. The predicted octanol–water partition coefficient (Wildman–Crippen LogP) is 0.795. The highest BCUT2D eigenvalue weighted by molar-refractivity contribution is 7.11. The van der Waals surface area contributed by atoms with Gasteiger partial charge in [0.2, 0.25) is 0 Å². The number of likely N-dealkylation sites (tertiary alicyclic amines) is 1. The number of hydrogen-bond acceptors (Lipinski definition) is 4. The molecule has 0 aromatic carbocycles. The Labute approximate surface area is 138 Å². The first-order chi connectivity index (χ1) is 9.72. The zero-order valence-corrected chi connectivity index (χ0v) is 14.0. The van der Waals surface area contributed by atoms with Crippen LogP contribution in [0.3, 0.4) is 0 Å². The summed E-state index contributed by atoms with van der Waals surface area (Å²) in [5, 5.41) is 4.07. The smallest absolute Gasteiger partial charge is 0.187 e. The summed E-state index contributed by atoms with van der Waals surface area (Å²) < 4.78 is 0. The van der Waals surface area contributed by atoms with E-state index in [4.69, 9.17) is 0 Å². The summed E-state index contributed by atoms with van der Waals surface area (Å²) in [6.07, 6.45) is 4.04. The number of rotatable bonds is 2. The second-order valence-corrected chi connectivity index (χ2v) is 6.83. The van der Waals surface area contributed by atoms with Gasteiger partial charge in [-0.25, -0.2) is 0 Å². The second kappa shape index (κ2) is 7.18. The Kier molecular flexibility index (Phi) is 5.53. The highest BCUT2D eigenvalue weighted by Crippen LogP contribution is 2.23. The van der Waals surface area contributed by atoms with Gasteiger partial charge < -0.3 is 12.4 Å². The fourth-order valence-electron chi connectivity index (χ4n) is 2.30. The molecule has 3 heterocycles. The molecule has 2 aromatic rings. The molecule has 5 heteroatoms. The average Bonchev–Trinajstić information content (AvgIpc) is 3.08. The molecule has 0 amide bonds. The standard InChI is InChI=1S/C16H15NOS2.ClH/c1-17-10-12(8-14-4-2-6-19-14)16(18)13(11-17)9-15-5-3-7-20-15;/h2-9H,10-11H2,1H3;1H/p-1/b12-8+,13-9+;. The van der Waals surface area contributed by atoms with Crippen molar-refractivity contribution in [2.45, 2.75) is 0 Å². The fourth-order valence-corrected chi connectivity index (χ4v) is 3.66. The van der Waals surface area contributed by atoms with Crippen LogP contribution in [-0.2, 0) is 4.79 Å². The van der Waals surface area contributed by atoms with Gasteiger partial charge in [-0.05, 0) is 42.1 Å². The molecule has 0 unspecified atom stereocenters. The summed E-state index contributed by atoms with van der Waals surface area (Å²) in [5.74, 6) is 0.185. The van der Waals surface area contributed by atoms with E-state index in [0.29, 0.717) is 0 Å². The van der Waals surface area contributed by atoms with E-state index < -0.39 is 0 Å². The van der Waals surface area contributed by atoms with E-state index in [2.05, 4.69) is 11.9 Å². The van der Waals surface area contributed by atoms with Gasteiger partial charge in [-0.2, -0.15) is 0 Å². The van der Waals surface area contributed by atoms with Crippen LogP contribution in [0, 0.1) is 0 Å². The molecular weight excluding hydrogens is 322 g/mol. The van der Waals surface area contributed by atoms with Crippen LogP contribution in [0.15, 0.2) is 46.2 Å². The molecule has 1 fully saturated rings. The number of Topliss-reactive ketones (excluding diaryl/α,β-unsaturated/α-hetero) is 1. The molecule has 0 saturated carbocycles. The van der Waals surface area contributed by atoms with Gasteiger partial charge in [0.15, 0.2) is 5.78 Å².